The molecule has 4 rings (SSSR count). The van der Waals surface area contributed by atoms with Gasteiger partial charge < -0.3 is 15.0 Å². The maximum atomic E-state index is 13.4. The second-order valence-electron chi connectivity index (χ2n) is 7.09. The number of nitrogens with one attached hydrogen (secondary N) is 1. The van der Waals surface area contributed by atoms with E-state index in [2.05, 4.69) is 26.2 Å². The van der Waals surface area contributed by atoms with Crippen molar-refractivity contribution in [1.29, 1.82) is 0 Å². The van der Waals surface area contributed by atoms with Gasteiger partial charge in [0.1, 0.15) is 24.0 Å². The summed E-state index contributed by atoms with van der Waals surface area (Å²) in [6, 6.07) is 13.6. The lowest BCUT2D eigenvalue weighted by Crippen LogP contribution is -2.10. The molecule has 0 aliphatic heterocycles. The summed E-state index contributed by atoms with van der Waals surface area (Å²) >= 11 is 0. The number of nitrogens with zero attached hydrogens (tertiary/aromatic N) is 4. The Hall–Kier alpha value is -4.18. The molecule has 0 aliphatic carbocycles. The molecule has 0 amide bonds. The maximum Gasteiger partial charge on any atom is 0.227 e. The van der Waals surface area contributed by atoms with E-state index in [1.54, 1.807) is 30.6 Å². The molecule has 1 N–H and O–H groups in total. The summed E-state index contributed by atoms with van der Waals surface area (Å²) in [6.07, 6.45) is 9.11. The minimum Gasteiger partial charge on any atom is -0.487 e. The molecule has 0 unspecified atom stereocenters. The third-order valence-electron chi connectivity index (χ3n) is 4.58. The van der Waals surface area contributed by atoms with Gasteiger partial charge in [-0.25, -0.2) is 19.3 Å². The van der Waals surface area contributed by atoms with Gasteiger partial charge in [0.05, 0.1) is 11.1 Å². The zero-order chi connectivity index (χ0) is 21.8. The van der Waals surface area contributed by atoms with Crippen molar-refractivity contribution in [2.24, 2.45) is 0 Å². The van der Waals surface area contributed by atoms with Crippen molar-refractivity contribution in [3.05, 3.63) is 77.9 Å². The number of halogens is 1. The van der Waals surface area contributed by atoms with Crippen molar-refractivity contribution in [3.8, 4) is 18.1 Å². The van der Waals surface area contributed by atoms with Crippen LogP contribution >= 0.6 is 0 Å². The predicted molar refractivity (Wildman–Crippen MR) is 120 cm³/mol. The van der Waals surface area contributed by atoms with E-state index < -0.39 is 0 Å². The van der Waals surface area contributed by atoms with Gasteiger partial charge in [0, 0.05) is 49.2 Å². The highest BCUT2D eigenvalue weighted by Crippen LogP contribution is 2.26. The van der Waals surface area contributed by atoms with Crippen molar-refractivity contribution >= 4 is 28.4 Å². The van der Waals surface area contributed by atoms with Gasteiger partial charge >= 0.3 is 0 Å². The molecular formula is C24H20FN5O. The van der Waals surface area contributed by atoms with E-state index in [9.17, 15) is 4.39 Å². The highest BCUT2D eigenvalue weighted by molar-refractivity contribution is 5.83. The summed E-state index contributed by atoms with van der Waals surface area (Å²) < 4.78 is 19.4. The van der Waals surface area contributed by atoms with Crippen molar-refractivity contribution in [2.45, 2.75) is 6.61 Å². The predicted octanol–water partition coefficient (Wildman–Crippen LogP) is 4.53. The minimum absolute atomic E-state index is 0.320. The molecular weight excluding hydrogens is 393 g/mol. The van der Waals surface area contributed by atoms with Gasteiger partial charge in [-0.2, -0.15) is 0 Å². The standard InChI is InChI=1S/C24H20FN5O/c1-4-17-10-18-14-27-24(28-20-7-5-6-19(25)11-20)29-21(18)12-22(17)31-15-16-8-9-23(26-13-16)30(2)3/h1,5-14H,15H2,2-3H3,(H,27,28,29). The second-order valence-corrected chi connectivity index (χ2v) is 7.09. The van der Waals surface area contributed by atoms with Crippen LogP contribution in [0.3, 0.4) is 0 Å². The first-order valence-electron chi connectivity index (χ1n) is 9.57. The Labute approximate surface area is 179 Å². The minimum atomic E-state index is -0.340. The van der Waals surface area contributed by atoms with Crippen molar-refractivity contribution < 1.29 is 9.13 Å². The lowest BCUT2D eigenvalue weighted by atomic mass is 10.1. The highest BCUT2D eigenvalue weighted by atomic mass is 19.1. The lowest BCUT2D eigenvalue weighted by molar-refractivity contribution is 0.305. The summed E-state index contributed by atoms with van der Waals surface area (Å²) in [5, 5.41) is 3.78. The number of rotatable bonds is 6. The van der Waals surface area contributed by atoms with Gasteiger partial charge in [0.15, 0.2) is 0 Å². The monoisotopic (exact) mass is 413 g/mol. The van der Waals surface area contributed by atoms with Gasteiger partial charge in [-0.1, -0.05) is 18.1 Å². The summed E-state index contributed by atoms with van der Waals surface area (Å²) in [7, 11) is 3.87. The molecule has 4 aromatic rings. The van der Waals surface area contributed by atoms with Crippen LogP contribution in [0.4, 0.5) is 21.8 Å². The largest absolute Gasteiger partial charge is 0.487 e. The average molecular weight is 413 g/mol. The fourth-order valence-electron chi connectivity index (χ4n) is 2.98. The molecule has 0 fully saturated rings. The molecule has 0 saturated carbocycles. The van der Waals surface area contributed by atoms with Crippen molar-refractivity contribution in [3.63, 3.8) is 0 Å². The average Bonchev–Trinajstić information content (AvgIpc) is 2.77. The molecule has 2 aromatic heterocycles. The Bertz CT molecular complexity index is 1270. The fourth-order valence-corrected chi connectivity index (χ4v) is 2.98. The molecule has 0 aliphatic rings. The van der Waals surface area contributed by atoms with E-state index >= 15 is 0 Å². The quantitative estimate of drug-likeness (QED) is 0.469. The zero-order valence-corrected chi connectivity index (χ0v) is 17.1. The first-order chi connectivity index (χ1) is 15.0. The van der Waals surface area contributed by atoms with Crippen LogP contribution in [0.25, 0.3) is 10.9 Å². The molecule has 2 aromatic carbocycles. The van der Waals surface area contributed by atoms with Crippen molar-refractivity contribution in [1.82, 2.24) is 15.0 Å². The molecule has 0 radical (unpaired) electrons. The maximum absolute atomic E-state index is 13.4. The number of pyridine rings is 1. The number of terminal acetylenes is 1. The first-order valence-corrected chi connectivity index (χ1v) is 9.57. The lowest BCUT2D eigenvalue weighted by Gasteiger charge is -2.13. The zero-order valence-electron chi connectivity index (χ0n) is 17.1. The van der Waals surface area contributed by atoms with Gasteiger partial charge in [-0.15, -0.1) is 6.42 Å². The molecule has 0 saturated heterocycles. The first kappa shape index (κ1) is 20.1. The normalized spacial score (nSPS) is 10.5. The molecule has 154 valence electrons. The molecule has 2 heterocycles. The summed E-state index contributed by atoms with van der Waals surface area (Å²) in [5.41, 5.74) is 2.75. The summed E-state index contributed by atoms with van der Waals surface area (Å²) in [5.74, 6) is 4.07. The van der Waals surface area contributed by atoms with Crippen molar-refractivity contribution in [2.75, 3.05) is 24.3 Å². The Balaban J connectivity index is 1.57. The number of hydrogen-bond donors (Lipinski definition) is 1. The molecule has 0 atom stereocenters. The van der Waals surface area contributed by atoms with E-state index in [0.717, 1.165) is 16.8 Å². The molecule has 0 bridgehead atoms. The van der Waals surface area contributed by atoms with E-state index in [4.69, 9.17) is 11.2 Å². The van der Waals surface area contributed by atoms with E-state index in [-0.39, 0.29) is 5.82 Å². The smallest absolute Gasteiger partial charge is 0.227 e. The van der Waals surface area contributed by atoms with Crippen LogP contribution < -0.4 is 15.0 Å². The topological polar surface area (TPSA) is 63.2 Å². The van der Waals surface area contributed by atoms with Gasteiger partial charge in [-0.05, 0) is 30.3 Å². The Morgan fingerprint density at radius 2 is 1.97 bits per heavy atom. The van der Waals surface area contributed by atoms with Gasteiger partial charge in [-0.3, -0.25) is 0 Å². The summed E-state index contributed by atoms with van der Waals surface area (Å²) in [6.45, 7) is 0.320. The second kappa shape index (κ2) is 8.67. The SMILES string of the molecule is C#Cc1cc2cnc(Nc3cccc(F)c3)nc2cc1OCc1ccc(N(C)C)nc1. The van der Waals surface area contributed by atoms with Gasteiger partial charge in [0.2, 0.25) is 5.95 Å². The number of hydrogen-bond acceptors (Lipinski definition) is 6. The fraction of sp³-hybridized carbons (Fsp3) is 0.125. The van der Waals surface area contributed by atoms with E-state index in [1.807, 2.05) is 37.2 Å². The number of ether oxygens (including phenoxy) is 1. The number of aromatic nitrogens is 3. The van der Waals surface area contributed by atoms with Crippen LogP contribution in [0.5, 0.6) is 5.75 Å². The van der Waals surface area contributed by atoms with Gasteiger partial charge in [0.25, 0.3) is 0 Å². The Morgan fingerprint density at radius 3 is 2.68 bits per heavy atom. The Morgan fingerprint density at radius 1 is 1.10 bits per heavy atom. The van der Waals surface area contributed by atoms with E-state index in [0.29, 0.717) is 35.1 Å². The summed E-state index contributed by atoms with van der Waals surface area (Å²) in [4.78, 5) is 15.1. The van der Waals surface area contributed by atoms with Crippen LogP contribution in [-0.4, -0.2) is 29.0 Å². The van der Waals surface area contributed by atoms with E-state index in [1.165, 1.54) is 12.1 Å². The molecule has 31 heavy (non-hydrogen) atoms. The third kappa shape index (κ3) is 4.70. The van der Waals surface area contributed by atoms with Crippen LogP contribution in [0, 0.1) is 18.2 Å². The molecule has 6 nitrogen and oxygen atoms in total. The number of anilines is 3. The van der Waals surface area contributed by atoms with Crippen LogP contribution in [0.1, 0.15) is 11.1 Å². The number of benzene rings is 2. The third-order valence-corrected chi connectivity index (χ3v) is 4.58. The molecule has 7 heteroatoms. The highest BCUT2D eigenvalue weighted by Gasteiger charge is 2.09. The number of fused-ring (bicyclic) bond motifs is 1. The Kier molecular flexibility index (Phi) is 5.63. The van der Waals surface area contributed by atoms with Crippen LogP contribution in [-0.2, 0) is 6.61 Å². The van der Waals surface area contributed by atoms with Crippen LogP contribution in [0.2, 0.25) is 0 Å². The molecule has 0 spiro atoms. The van der Waals surface area contributed by atoms with Crippen LogP contribution in [0.15, 0.2) is 60.9 Å².